The van der Waals surface area contributed by atoms with Gasteiger partial charge in [0.25, 0.3) is 5.91 Å². The molecule has 5 nitrogen and oxygen atoms in total. The number of pyridine rings is 1. The number of hydrogen-bond donors (Lipinski definition) is 3. The van der Waals surface area contributed by atoms with Crippen molar-refractivity contribution in [1.29, 1.82) is 0 Å². The molecule has 1 aromatic carbocycles. The molecule has 4 N–H and O–H groups in total. The van der Waals surface area contributed by atoms with Crippen molar-refractivity contribution in [2.24, 2.45) is 5.84 Å². The van der Waals surface area contributed by atoms with Crippen LogP contribution in [0.2, 0.25) is 5.15 Å². The van der Waals surface area contributed by atoms with Crippen LogP contribution >= 0.6 is 34.2 Å². The number of nitrogen functional groups attached to an aromatic ring is 1. The molecule has 0 atom stereocenters. The summed E-state index contributed by atoms with van der Waals surface area (Å²) in [5.74, 6) is 5.31. The zero-order valence-corrected chi connectivity index (χ0v) is 12.6. The monoisotopic (exact) mass is 388 g/mol. The molecule has 19 heavy (non-hydrogen) atoms. The molecule has 0 aliphatic rings. The molecule has 1 heterocycles. The van der Waals surface area contributed by atoms with E-state index in [4.69, 9.17) is 17.4 Å². The topological polar surface area (TPSA) is 80.0 Å². The molecular formula is C12H10ClIN4O. The minimum absolute atomic E-state index is 0.197. The van der Waals surface area contributed by atoms with Gasteiger partial charge in [-0.05, 0) is 59.0 Å². The third kappa shape index (κ3) is 3.79. The number of rotatable bonds is 3. The number of hydrazine groups is 1. The Hall–Kier alpha value is -1.38. The highest BCUT2D eigenvalue weighted by molar-refractivity contribution is 14.1. The predicted octanol–water partition coefficient (Wildman–Crippen LogP) is 2.88. The van der Waals surface area contributed by atoms with Gasteiger partial charge in [-0.25, -0.2) is 10.8 Å². The number of benzene rings is 1. The Morgan fingerprint density at radius 2 is 1.95 bits per heavy atom. The van der Waals surface area contributed by atoms with Crippen LogP contribution in [0.15, 0.2) is 36.4 Å². The van der Waals surface area contributed by atoms with E-state index in [1.54, 1.807) is 0 Å². The molecule has 0 aliphatic carbocycles. The van der Waals surface area contributed by atoms with Gasteiger partial charge in [-0.3, -0.25) is 4.79 Å². The lowest BCUT2D eigenvalue weighted by Crippen LogP contribution is -2.14. The number of anilines is 2. The lowest BCUT2D eigenvalue weighted by molar-refractivity contribution is 0.102. The molecule has 98 valence electrons. The van der Waals surface area contributed by atoms with Gasteiger partial charge in [0.15, 0.2) is 0 Å². The smallest absolute Gasteiger partial charge is 0.255 e. The summed E-state index contributed by atoms with van der Waals surface area (Å²) in [6.45, 7) is 0. The normalized spacial score (nSPS) is 10.1. The maximum atomic E-state index is 12.1. The summed E-state index contributed by atoms with van der Waals surface area (Å²) in [6.07, 6.45) is 0. The molecule has 0 radical (unpaired) electrons. The summed E-state index contributed by atoms with van der Waals surface area (Å²) >= 11 is 8.00. The summed E-state index contributed by atoms with van der Waals surface area (Å²) < 4.78 is 1.09. The van der Waals surface area contributed by atoms with Crippen molar-refractivity contribution < 1.29 is 4.79 Å². The van der Waals surface area contributed by atoms with Crippen LogP contribution in [0.25, 0.3) is 0 Å². The highest BCUT2D eigenvalue weighted by atomic mass is 127. The van der Waals surface area contributed by atoms with Crippen LogP contribution in [0.5, 0.6) is 0 Å². The standard InChI is InChI=1S/C12H10ClIN4O/c13-10-5-7(6-11(17-10)18-15)12(19)16-9-3-1-8(14)2-4-9/h1-6H,15H2,(H,16,19)(H,17,18). The summed E-state index contributed by atoms with van der Waals surface area (Å²) in [7, 11) is 0. The van der Waals surface area contributed by atoms with Gasteiger partial charge in [-0.15, -0.1) is 0 Å². The number of carbonyl (C=O) groups is 1. The first-order valence-corrected chi connectivity index (χ1v) is 6.75. The second kappa shape index (κ2) is 6.18. The van der Waals surface area contributed by atoms with Gasteiger partial charge in [-0.2, -0.15) is 0 Å². The van der Waals surface area contributed by atoms with E-state index in [0.29, 0.717) is 17.1 Å². The van der Waals surface area contributed by atoms with Crippen LogP contribution in [0, 0.1) is 3.57 Å². The fourth-order valence-corrected chi connectivity index (χ4v) is 2.01. The van der Waals surface area contributed by atoms with Crippen LogP contribution in [-0.4, -0.2) is 10.9 Å². The number of halogens is 2. The van der Waals surface area contributed by atoms with E-state index in [-0.39, 0.29) is 11.1 Å². The Balaban J connectivity index is 2.20. The third-order valence-electron chi connectivity index (χ3n) is 2.31. The molecule has 0 saturated carbocycles. The van der Waals surface area contributed by atoms with E-state index in [1.165, 1.54) is 12.1 Å². The quantitative estimate of drug-likeness (QED) is 0.327. The van der Waals surface area contributed by atoms with Crippen molar-refractivity contribution in [2.75, 3.05) is 10.7 Å². The predicted molar refractivity (Wildman–Crippen MR) is 84.2 cm³/mol. The van der Waals surface area contributed by atoms with Crippen LogP contribution in [0.1, 0.15) is 10.4 Å². The van der Waals surface area contributed by atoms with E-state index in [1.807, 2.05) is 24.3 Å². The fraction of sp³-hybridized carbons (Fsp3) is 0. The maximum absolute atomic E-state index is 12.1. The van der Waals surface area contributed by atoms with Crippen LogP contribution in [0.4, 0.5) is 11.5 Å². The molecule has 2 aromatic rings. The molecule has 0 fully saturated rings. The van der Waals surface area contributed by atoms with Gasteiger partial charge in [0.2, 0.25) is 0 Å². The first-order valence-electron chi connectivity index (χ1n) is 5.29. The van der Waals surface area contributed by atoms with Gasteiger partial charge < -0.3 is 10.7 Å². The summed E-state index contributed by atoms with van der Waals surface area (Å²) in [5.41, 5.74) is 3.45. The SMILES string of the molecule is NNc1cc(C(=O)Nc2ccc(I)cc2)cc(Cl)n1. The van der Waals surface area contributed by atoms with E-state index in [9.17, 15) is 4.79 Å². The van der Waals surface area contributed by atoms with E-state index in [0.717, 1.165) is 3.57 Å². The Bertz CT molecular complexity index is 603. The molecule has 0 spiro atoms. The second-order valence-electron chi connectivity index (χ2n) is 3.67. The second-order valence-corrected chi connectivity index (χ2v) is 5.30. The first-order chi connectivity index (χ1) is 9.08. The molecule has 2 rings (SSSR count). The summed E-state index contributed by atoms with van der Waals surface area (Å²) in [5, 5.41) is 2.96. The highest BCUT2D eigenvalue weighted by Gasteiger charge is 2.09. The number of amides is 1. The highest BCUT2D eigenvalue weighted by Crippen LogP contribution is 2.16. The minimum Gasteiger partial charge on any atom is -0.322 e. The lowest BCUT2D eigenvalue weighted by Gasteiger charge is -2.07. The molecule has 0 unspecified atom stereocenters. The maximum Gasteiger partial charge on any atom is 0.255 e. The molecular weight excluding hydrogens is 379 g/mol. The Labute approximate surface area is 128 Å². The fourth-order valence-electron chi connectivity index (χ4n) is 1.44. The molecule has 1 aromatic heterocycles. The average molecular weight is 389 g/mol. The average Bonchev–Trinajstić information content (AvgIpc) is 2.40. The third-order valence-corrected chi connectivity index (χ3v) is 3.22. The number of nitrogens with one attached hydrogen (secondary N) is 2. The molecule has 7 heteroatoms. The summed E-state index contributed by atoms with van der Waals surface area (Å²) in [6, 6.07) is 10.5. The first kappa shape index (κ1) is 14.0. The lowest BCUT2D eigenvalue weighted by atomic mass is 10.2. The van der Waals surface area contributed by atoms with E-state index in [2.05, 4.69) is 38.3 Å². The van der Waals surface area contributed by atoms with Gasteiger partial charge in [0.05, 0.1) is 0 Å². The molecule has 1 amide bonds. The van der Waals surface area contributed by atoms with Crippen molar-refractivity contribution in [3.05, 3.63) is 50.7 Å². The number of carbonyl (C=O) groups excluding carboxylic acids is 1. The number of hydrogen-bond acceptors (Lipinski definition) is 4. The summed E-state index contributed by atoms with van der Waals surface area (Å²) in [4.78, 5) is 16.0. The van der Waals surface area contributed by atoms with Crippen LogP contribution in [0.3, 0.4) is 0 Å². The van der Waals surface area contributed by atoms with Crippen molar-refractivity contribution in [3.63, 3.8) is 0 Å². The number of nitrogens with two attached hydrogens (primary N) is 1. The van der Waals surface area contributed by atoms with Gasteiger partial charge >= 0.3 is 0 Å². The molecule has 0 saturated heterocycles. The Morgan fingerprint density at radius 1 is 1.26 bits per heavy atom. The Morgan fingerprint density at radius 3 is 2.58 bits per heavy atom. The minimum atomic E-state index is -0.276. The zero-order chi connectivity index (χ0) is 13.8. The van der Waals surface area contributed by atoms with Crippen molar-refractivity contribution in [1.82, 2.24) is 4.98 Å². The molecule has 0 bridgehead atoms. The zero-order valence-electron chi connectivity index (χ0n) is 9.65. The van der Waals surface area contributed by atoms with Gasteiger partial charge in [0, 0.05) is 14.8 Å². The van der Waals surface area contributed by atoms with Crippen molar-refractivity contribution in [2.45, 2.75) is 0 Å². The van der Waals surface area contributed by atoms with Crippen molar-refractivity contribution >= 4 is 51.6 Å². The van der Waals surface area contributed by atoms with Crippen LogP contribution in [-0.2, 0) is 0 Å². The van der Waals surface area contributed by atoms with Gasteiger partial charge in [-0.1, -0.05) is 11.6 Å². The van der Waals surface area contributed by atoms with E-state index >= 15 is 0 Å². The van der Waals surface area contributed by atoms with E-state index < -0.39 is 0 Å². The van der Waals surface area contributed by atoms with Crippen molar-refractivity contribution in [3.8, 4) is 0 Å². The van der Waals surface area contributed by atoms with Crippen LogP contribution < -0.4 is 16.6 Å². The number of nitrogens with zero attached hydrogens (tertiary/aromatic N) is 1. The Kier molecular flexibility index (Phi) is 4.56. The number of aromatic nitrogens is 1. The molecule has 0 aliphatic heterocycles. The van der Waals surface area contributed by atoms with Gasteiger partial charge in [0.1, 0.15) is 11.0 Å². The largest absolute Gasteiger partial charge is 0.322 e.